The number of rotatable bonds is 5. The number of hydrogen-bond acceptors (Lipinski definition) is 1. The number of halogens is 3. The zero-order chi connectivity index (χ0) is 13.2. The van der Waals surface area contributed by atoms with Gasteiger partial charge < -0.3 is 5.32 Å². The molecule has 0 bridgehead atoms. The minimum Gasteiger partial charge on any atom is -0.312 e. The van der Waals surface area contributed by atoms with Gasteiger partial charge in [0.05, 0.1) is 5.56 Å². The van der Waals surface area contributed by atoms with E-state index >= 15 is 0 Å². The van der Waals surface area contributed by atoms with Gasteiger partial charge >= 0.3 is 6.18 Å². The molecule has 1 fully saturated rings. The van der Waals surface area contributed by atoms with E-state index in [4.69, 9.17) is 0 Å². The average molecular weight is 257 g/mol. The highest BCUT2D eigenvalue weighted by Gasteiger charge is 2.39. The summed E-state index contributed by atoms with van der Waals surface area (Å²) >= 11 is 0. The van der Waals surface area contributed by atoms with Crippen LogP contribution in [0.1, 0.15) is 37.3 Å². The molecule has 0 radical (unpaired) electrons. The van der Waals surface area contributed by atoms with Crippen molar-refractivity contribution in [3.63, 3.8) is 0 Å². The fourth-order valence-corrected chi connectivity index (χ4v) is 2.16. The smallest absolute Gasteiger partial charge is 0.312 e. The summed E-state index contributed by atoms with van der Waals surface area (Å²) in [4.78, 5) is 0. The van der Waals surface area contributed by atoms with Gasteiger partial charge in [-0.25, -0.2) is 0 Å². The average Bonchev–Trinajstić information content (AvgIpc) is 3.09. The highest BCUT2D eigenvalue weighted by atomic mass is 19.4. The molecule has 0 aromatic heterocycles. The summed E-state index contributed by atoms with van der Waals surface area (Å²) in [5, 5.41) is 3.27. The molecular formula is C14H18F3N. The normalized spacial score (nSPS) is 17.8. The van der Waals surface area contributed by atoms with E-state index in [-0.39, 0.29) is 0 Å². The summed E-state index contributed by atoms with van der Waals surface area (Å²) < 4.78 is 37.6. The summed E-state index contributed by atoms with van der Waals surface area (Å²) in [7, 11) is 0. The maximum Gasteiger partial charge on any atom is 0.416 e. The lowest BCUT2D eigenvalue weighted by Crippen LogP contribution is -2.23. The van der Waals surface area contributed by atoms with Gasteiger partial charge in [-0.15, -0.1) is 0 Å². The van der Waals surface area contributed by atoms with Gasteiger partial charge in [0.25, 0.3) is 0 Å². The first kappa shape index (κ1) is 13.4. The number of alkyl halides is 3. The lowest BCUT2D eigenvalue weighted by molar-refractivity contribution is -0.137. The zero-order valence-corrected chi connectivity index (χ0v) is 10.5. The Labute approximate surface area is 105 Å². The quantitative estimate of drug-likeness (QED) is 0.841. The molecule has 0 saturated heterocycles. The number of benzene rings is 1. The molecule has 1 aliphatic rings. The molecule has 100 valence electrons. The maximum atomic E-state index is 12.5. The molecule has 1 nitrogen and oxygen atoms in total. The highest BCUT2D eigenvalue weighted by Crippen LogP contribution is 2.47. The van der Waals surface area contributed by atoms with Crippen molar-refractivity contribution in [1.82, 2.24) is 5.32 Å². The molecule has 4 heteroatoms. The van der Waals surface area contributed by atoms with Gasteiger partial charge in [0.1, 0.15) is 0 Å². The molecule has 0 aliphatic heterocycles. The summed E-state index contributed by atoms with van der Waals surface area (Å²) in [5.41, 5.74) is 0.539. The van der Waals surface area contributed by atoms with E-state index in [1.54, 1.807) is 6.07 Å². The second kappa shape index (κ2) is 4.92. The largest absolute Gasteiger partial charge is 0.416 e. The number of nitrogens with one attached hydrogen (secondary N) is 1. The van der Waals surface area contributed by atoms with Crippen molar-refractivity contribution in [2.75, 3.05) is 6.54 Å². The van der Waals surface area contributed by atoms with Crippen LogP contribution in [0.4, 0.5) is 13.2 Å². The van der Waals surface area contributed by atoms with Crippen molar-refractivity contribution >= 4 is 0 Å². The molecule has 1 N–H and O–H groups in total. The van der Waals surface area contributed by atoms with E-state index in [0.717, 1.165) is 19.0 Å². The van der Waals surface area contributed by atoms with Crippen molar-refractivity contribution in [3.05, 3.63) is 35.4 Å². The molecule has 0 atom stereocenters. The third kappa shape index (κ3) is 3.25. The molecule has 0 amide bonds. The lowest BCUT2D eigenvalue weighted by Gasteiger charge is -2.14. The van der Waals surface area contributed by atoms with Crippen LogP contribution in [-0.4, -0.2) is 6.54 Å². The highest BCUT2D eigenvalue weighted by molar-refractivity contribution is 5.25. The Hall–Kier alpha value is -1.03. The van der Waals surface area contributed by atoms with Crippen molar-refractivity contribution in [2.45, 2.75) is 38.9 Å². The topological polar surface area (TPSA) is 12.0 Å². The molecule has 1 aromatic rings. The van der Waals surface area contributed by atoms with Gasteiger partial charge in [-0.1, -0.05) is 25.1 Å². The zero-order valence-electron chi connectivity index (χ0n) is 10.5. The van der Waals surface area contributed by atoms with Crippen LogP contribution in [0.15, 0.2) is 24.3 Å². The van der Waals surface area contributed by atoms with Crippen molar-refractivity contribution < 1.29 is 13.2 Å². The van der Waals surface area contributed by atoms with Crippen LogP contribution in [0.25, 0.3) is 0 Å². The van der Waals surface area contributed by atoms with E-state index < -0.39 is 11.7 Å². The monoisotopic (exact) mass is 257 g/mol. The fourth-order valence-electron chi connectivity index (χ4n) is 2.16. The summed E-state index contributed by atoms with van der Waals surface area (Å²) in [5.74, 6) is 0. The molecular weight excluding hydrogens is 239 g/mol. The Kier molecular flexibility index (Phi) is 3.66. The minimum atomic E-state index is -4.25. The predicted octanol–water partition coefficient (Wildman–Crippen LogP) is 3.99. The van der Waals surface area contributed by atoms with Crippen LogP contribution in [0.5, 0.6) is 0 Å². The first-order valence-corrected chi connectivity index (χ1v) is 6.32. The first-order valence-electron chi connectivity index (χ1n) is 6.32. The second-order valence-electron chi connectivity index (χ2n) is 5.16. The molecule has 0 spiro atoms. The van der Waals surface area contributed by atoms with E-state index in [1.165, 1.54) is 25.0 Å². The lowest BCUT2D eigenvalue weighted by atomic mass is 10.0. The van der Waals surface area contributed by atoms with Crippen LogP contribution in [0, 0.1) is 5.41 Å². The Morgan fingerprint density at radius 3 is 2.56 bits per heavy atom. The van der Waals surface area contributed by atoms with Crippen molar-refractivity contribution in [1.29, 1.82) is 0 Å². The van der Waals surface area contributed by atoms with Crippen LogP contribution >= 0.6 is 0 Å². The Balaban J connectivity index is 1.90. The van der Waals surface area contributed by atoms with Gasteiger partial charge in [-0.2, -0.15) is 13.2 Å². The van der Waals surface area contributed by atoms with Crippen LogP contribution in [-0.2, 0) is 12.7 Å². The van der Waals surface area contributed by atoms with Gasteiger partial charge in [0.15, 0.2) is 0 Å². The Morgan fingerprint density at radius 2 is 2.00 bits per heavy atom. The van der Waals surface area contributed by atoms with E-state index in [9.17, 15) is 13.2 Å². The van der Waals surface area contributed by atoms with Gasteiger partial charge in [0, 0.05) is 13.1 Å². The third-order valence-electron chi connectivity index (χ3n) is 3.79. The molecule has 0 heterocycles. The molecule has 1 saturated carbocycles. The standard InChI is InChI=1S/C14H18F3N/c1-2-13(6-7-13)10-18-9-11-4-3-5-12(8-11)14(15,16)17/h3-5,8,18H,2,6-7,9-10H2,1H3. The van der Waals surface area contributed by atoms with E-state index in [2.05, 4.69) is 12.2 Å². The predicted molar refractivity (Wildman–Crippen MR) is 65.1 cm³/mol. The Morgan fingerprint density at radius 1 is 1.28 bits per heavy atom. The fraction of sp³-hybridized carbons (Fsp3) is 0.571. The van der Waals surface area contributed by atoms with Crippen LogP contribution in [0.2, 0.25) is 0 Å². The molecule has 2 rings (SSSR count). The first-order chi connectivity index (χ1) is 8.45. The molecule has 18 heavy (non-hydrogen) atoms. The van der Waals surface area contributed by atoms with E-state index in [0.29, 0.717) is 17.5 Å². The second-order valence-corrected chi connectivity index (χ2v) is 5.16. The minimum absolute atomic E-state index is 0.418. The van der Waals surface area contributed by atoms with E-state index in [1.807, 2.05) is 0 Å². The van der Waals surface area contributed by atoms with Crippen molar-refractivity contribution in [2.24, 2.45) is 5.41 Å². The summed E-state index contributed by atoms with van der Waals surface area (Å²) in [6, 6.07) is 5.52. The van der Waals surface area contributed by atoms with Gasteiger partial charge in [-0.3, -0.25) is 0 Å². The van der Waals surface area contributed by atoms with Crippen LogP contribution in [0.3, 0.4) is 0 Å². The summed E-state index contributed by atoms with van der Waals surface area (Å²) in [6.07, 6.45) is -0.641. The van der Waals surface area contributed by atoms with Crippen molar-refractivity contribution in [3.8, 4) is 0 Å². The molecule has 0 unspecified atom stereocenters. The van der Waals surface area contributed by atoms with Gasteiger partial charge in [0.2, 0.25) is 0 Å². The SMILES string of the molecule is CCC1(CNCc2cccc(C(F)(F)F)c2)CC1. The van der Waals surface area contributed by atoms with Gasteiger partial charge in [-0.05, 0) is 36.3 Å². The maximum absolute atomic E-state index is 12.5. The summed E-state index contributed by atoms with van der Waals surface area (Å²) in [6.45, 7) is 3.57. The van der Waals surface area contributed by atoms with Crippen LogP contribution < -0.4 is 5.32 Å². The third-order valence-corrected chi connectivity index (χ3v) is 3.79. The Bertz CT molecular complexity index is 408. The molecule has 1 aliphatic carbocycles. The molecule has 1 aromatic carbocycles. The number of hydrogen-bond donors (Lipinski definition) is 1.